The van der Waals surface area contributed by atoms with Gasteiger partial charge in [-0.2, -0.15) is 5.10 Å². The van der Waals surface area contributed by atoms with Crippen LogP contribution < -0.4 is 20.2 Å². The van der Waals surface area contributed by atoms with Crippen LogP contribution in [0.25, 0.3) is 11.0 Å². The molecule has 4 aromatic rings. The van der Waals surface area contributed by atoms with Gasteiger partial charge in [0.05, 0.1) is 20.9 Å². The van der Waals surface area contributed by atoms with Crippen LogP contribution in [0.1, 0.15) is 28.6 Å². The molecule has 38 heavy (non-hydrogen) atoms. The van der Waals surface area contributed by atoms with Crippen molar-refractivity contribution in [1.82, 2.24) is 5.43 Å². The van der Waals surface area contributed by atoms with Crippen molar-refractivity contribution in [2.24, 2.45) is 5.10 Å². The smallest absolute Gasteiger partial charge is 0.307 e. The van der Waals surface area contributed by atoms with E-state index in [2.05, 4.69) is 70.3 Å². The van der Waals surface area contributed by atoms with Crippen LogP contribution in [-0.2, 0) is 4.79 Å². The fourth-order valence-electron chi connectivity index (χ4n) is 3.45. The third kappa shape index (κ3) is 7.14. The first kappa shape index (κ1) is 28.1. The number of hydrogen-bond acceptors (Lipinski definition) is 6. The Morgan fingerprint density at radius 2 is 1.84 bits per heavy atom. The predicted molar refractivity (Wildman–Crippen MR) is 162 cm³/mol. The minimum atomic E-state index is -0.486. The van der Waals surface area contributed by atoms with Gasteiger partial charge in [0, 0.05) is 15.5 Å². The van der Waals surface area contributed by atoms with Gasteiger partial charge in [0.25, 0.3) is 5.91 Å². The van der Waals surface area contributed by atoms with E-state index in [1.807, 2.05) is 56.3 Å². The second-order valence-electron chi connectivity index (χ2n) is 8.08. The molecule has 3 aromatic carbocycles. The maximum atomic E-state index is 12.6. The fraction of sp³-hybridized carbons (Fsp3) is 0.148. The summed E-state index contributed by atoms with van der Waals surface area (Å²) in [5.74, 6) is 0.271. The predicted octanol–water partition coefficient (Wildman–Crippen LogP) is 7.05. The lowest BCUT2D eigenvalue weighted by Crippen LogP contribution is -2.20. The largest absolute Gasteiger partial charge is 0.490 e. The monoisotopic (exact) mass is 753 g/mol. The van der Waals surface area contributed by atoms with Gasteiger partial charge in [-0.25, -0.2) is 5.43 Å². The number of nitrogens with zero attached hydrogens (tertiary/aromatic N) is 1. The van der Waals surface area contributed by atoms with Crippen LogP contribution in [0.2, 0.25) is 0 Å². The highest BCUT2D eigenvalue weighted by atomic mass is 127. The molecular formula is C27H22Br2IN3O5. The zero-order chi connectivity index (χ0) is 27.2. The van der Waals surface area contributed by atoms with E-state index in [-0.39, 0.29) is 18.3 Å². The Bertz CT molecular complexity index is 1520. The summed E-state index contributed by atoms with van der Waals surface area (Å²) < 4.78 is 19.5. The molecule has 0 saturated heterocycles. The van der Waals surface area contributed by atoms with E-state index in [9.17, 15) is 9.59 Å². The van der Waals surface area contributed by atoms with Crippen molar-refractivity contribution in [2.45, 2.75) is 13.8 Å². The van der Waals surface area contributed by atoms with E-state index in [4.69, 9.17) is 13.9 Å². The zero-order valence-corrected chi connectivity index (χ0v) is 25.6. The van der Waals surface area contributed by atoms with Crippen LogP contribution in [0.4, 0.5) is 5.69 Å². The molecule has 0 aliphatic carbocycles. The topological polar surface area (TPSA) is 102 Å². The van der Waals surface area contributed by atoms with Crippen LogP contribution in [0.15, 0.2) is 73.1 Å². The van der Waals surface area contributed by atoms with Crippen LogP contribution in [-0.4, -0.2) is 31.2 Å². The molecule has 8 nitrogen and oxygen atoms in total. The molecule has 0 saturated carbocycles. The Hall–Kier alpha value is -2.90. The molecule has 0 unspecified atom stereocenters. The molecule has 1 aromatic heterocycles. The number of amides is 2. The summed E-state index contributed by atoms with van der Waals surface area (Å²) in [5.41, 5.74) is 5.52. The second kappa shape index (κ2) is 12.8. The van der Waals surface area contributed by atoms with Gasteiger partial charge in [-0.1, -0.05) is 33.6 Å². The number of aryl methyl sites for hydroxylation is 1. The minimum absolute atomic E-state index is 0.133. The number of hydrogen-bond donors (Lipinski definition) is 2. The molecule has 1 heterocycles. The van der Waals surface area contributed by atoms with Gasteiger partial charge in [-0.3, -0.25) is 9.59 Å². The first-order chi connectivity index (χ1) is 18.2. The van der Waals surface area contributed by atoms with E-state index >= 15 is 0 Å². The van der Waals surface area contributed by atoms with Gasteiger partial charge in [-0.15, -0.1) is 0 Å². The number of hydrazone groups is 1. The summed E-state index contributed by atoms with van der Waals surface area (Å²) in [7, 11) is 0. The Balaban J connectivity index is 1.42. The summed E-state index contributed by atoms with van der Waals surface area (Å²) >= 11 is 8.96. The summed E-state index contributed by atoms with van der Waals surface area (Å²) in [6, 6.07) is 16.4. The lowest BCUT2D eigenvalue weighted by Gasteiger charge is -2.14. The number of rotatable bonds is 9. The van der Waals surface area contributed by atoms with Crippen molar-refractivity contribution in [3.63, 3.8) is 0 Å². The highest BCUT2D eigenvalue weighted by molar-refractivity contribution is 14.1. The number of ether oxygens (including phenoxy) is 2. The molecule has 11 heteroatoms. The van der Waals surface area contributed by atoms with Crippen molar-refractivity contribution in [3.8, 4) is 11.5 Å². The molecule has 0 aliphatic rings. The number of nitrogens with one attached hydrogen (secondary N) is 2. The molecule has 2 amide bonds. The number of furan rings is 1. The molecule has 0 fully saturated rings. The van der Waals surface area contributed by atoms with E-state index < -0.39 is 5.91 Å². The fourth-order valence-corrected chi connectivity index (χ4v) is 5.57. The normalized spacial score (nSPS) is 11.1. The summed E-state index contributed by atoms with van der Waals surface area (Å²) in [6.45, 7) is 4.05. The SMILES string of the molecule is CCOc1cc(/C=N\NC(=O)c2cc3cc(Br)cc(Br)c3o2)cc(I)c1OCC(=O)Nc1ccc(C)cc1. The van der Waals surface area contributed by atoms with E-state index in [0.717, 1.165) is 23.5 Å². The van der Waals surface area contributed by atoms with E-state index in [1.54, 1.807) is 12.1 Å². The van der Waals surface area contributed by atoms with Crippen LogP contribution >= 0.6 is 54.5 Å². The average Bonchev–Trinajstić information content (AvgIpc) is 3.30. The Morgan fingerprint density at radius 1 is 1.08 bits per heavy atom. The van der Waals surface area contributed by atoms with Crippen molar-refractivity contribution >= 4 is 89.1 Å². The maximum absolute atomic E-state index is 12.6. The number of carbonyl (C=O) groups excluding carboxylic acids is 2. The summed E-state index contributed by atoms with van der Waals surface area (Å²) in [5, 5.41) is 7.64. The lowest BCUT2D eigenvalue weighted by atomic mass is 10.2. The third-order valence-corrected chi connectivity index (χ3v) is 7.00. The van der Waals surface area contributed by atoms with E-state index in [1.165, 1.54) is 6.21 Å². The molecule has 0 spiro atoms. The Morgan fingerprint density at radius 3 is 2.58 bits per heavy atom. The first-order valence-electron chi connectivity index (χ1n) is 11.4. The molecule has 4 rings (SSSR count). The molecule has 0 atom stereocenters. The van der Waals surface area contributed by atoms with Crippen molar-refractivity contribution < 1.29 is 23.5 Å². The van der Waals surface area contributed by atoms with Gasteiger partial charge >= 0.3 is 5.91 Å². The van der Waals surface area contributed by atoms with Gasteiger partial charge in [-0.05, 0) is 100 Å². The quantitative estimate of drug-likeness (QED) is 0.108. The van der Waals surface area contributed by atoms with Gasteiger partial charge in [0.2, 0.25) is 0 Å². The number of carbonyl (C=O) groups is 2. The molecular weight excluding hydrogens is 733 g/mol. The van der Waals surface area contributed by atoms with E-state index in [0.29, 0.717) is 34.9 Å². The van der Waals surface area contributed by atoms with Gasteiger partial charge in [0.15, 0.2) is 23.9 Å². The molecule has 0 radical (unpaired) electrons. The number of halogens is 3. The maximum Gasteiger partial charge on any atom is 0.307 e. The Kier molecular flexibility index (Phi) is 9.44. The standard InChI is InChI=1S/C27H22Br2IN3O5/c1-3-36-22-9-16(8-21(30)26(22)37-14-24(34)32-19-6-4-15(2)5-7-19)13-31-33-27(35)23-11-17-10-18(28)12-20(29)25(17)38-23/h4-13H,3,14H2,1-2H3,(H,32,34)(H,33,35)/b31-13-. The van der Waals surface area contributed by atoms with Gasteiger partial charge < -0.3 is 19.2 Å². The molecule has 2 N–H and O–H groups in total. The minimum Gasteiger partial charge on any atom is -0.490 e. The van der Waals surface area contributed by atoms with Gasteiger partial charge in [0.1, 0.15) is 5.58 Å². The van der Waals surface area contributed by atoms with Crippen LogP contribution in [0.3, 0.4) is 0 Å². The van der Waals surface area contributed by atoms with Crippen molar-refractivity contribution in [2.75, 3.05) is 18.5 Å². The number of fused-ring (bicyclic) bond motifs is 1. The summed E-state index contributed by atoms with van der Waals surface area (Å²) in [6.07, 6.45) is 1.49. The van der Waals surface area contributed by atoms with Crippen molar-refractivity contribution in [1.29, 1.82) is 0 Å². The first-order valence-corrected chi connectivity index (χ1v) is 14.1. The highest BCUT2D eigenvalue weighted by Gasteiger charge is 2.16. The number of benzene rings is 3. The van der Waals surface area contributed by atoms with Crippen LogP contribution in [0, 0.1) is 10.5 Å². The second-order valence-corrected chi connectivity index (χ2v) is 11.0. The zero-order valence-electron chi connectivity index (χ0n) is 20.3. The highest BCUT2D eigenvalue weighted by Crippen LogP contribution is 2.34. The van der Waals surface area contributed by atoms with Crippen molar-refractivity contribution in [3.05, 3.63) is 84.0 Å². The Labute approximate surface area is 249 Å². The molecule has 0 bridgehead atoms. The number of anilines is 1. The lowest BCUT2D eigenvalue weighted by molar-refractivity contribution is -0.118. The average molecular weight is 755 g/mol. The van der Waals surface area contributed by atoms with Crippen LogP contribution in [0.5, 0.6) is 11.5 Å². The molecule has 0 aliphatic heterocycles. The third-order valence-electron chi connectivity index (χ3n) is 5.15. The summed E-state index contributed by atoms with van der Waals surface area (Å²) in [4.78, 5) is 24.9. The molecule has 196 valence electrons.